The molecule has 4 rings (SSSR count). The summed E-state index contributed by atoms with van der Waals surface area (Å²) in [6, 6.07) is 3.75. The third-order valence-electron chi connectivity index (χ3n) is 6.09. The maximum atomic E-state index is 12.6. The Morgan fingerprint density at radius 3 is 2.90 bits per heavy atom. The van der Waals surface area contributed by atoms with E-state index >= 15 is 0 Å². The van der Waals surface area contributed by atoms with Crippen molar-refractivity contribution in [1.29, 1.82) is 0 Å². The van der Waals surface area contributed by atoms with Crippen LogP contribution in [0.3, 0.4) is 0 Å². The third kappa shape index (κ3) is 3.75. The van der Waals surface area contributed by atoms with Gasteiger partial charge in [-0.25, -0.2) is 0 Å². The predicted molar refractivity (Wildman–Crippen MR) is 105 cm³/mol. The molecule has 2 aromatic heterocycles. The van der Waals surface area contributed by atoms with E-state index in [1.165, 1.54) is 0 Å². The largest absolute Gasteiger partial charge is 0.353 e. The number of aromatic nitrogens is 3. The highest BCUT2D eigenvalue weighted by Gasteiger charge is 2.58. The quantitative estimate of drug-likeness (QED) is 0.823. The summed E-state index contributed by atoms with van der Waals surface area (Å²) >= 11 is 0. The molecule has 2 fully saturated rings. The molecular weight excluding hydrogens is 370 g/mol. The second-order valence-electron chi connectivity index (χ2n) is 8.62. The van der Waals surface area contributed by atoms with Crippen molar-refractivity contribution >= 4 is 11.8 Å². The van der Waals surface area contributed by atoms with Crippen molar-refractivity contribution in [3.8, 4) is 0 Å². The van der Waals surface area contributed by atoms with E-state index in [-0.39, 0.29) is 29.7 Å². The summed E-state index contributed by atoms with van der Waals surface area (Å²) in [6.07, 6.45) is 5.20. The Kier molecular flexibility index (Phi) is 5.10. The number of hydrogen-bond donors (Lipinski definition) is 1. The van der Waals surface area contributed by atoms with Crippen LogP contribution in [0.25, 0.3) is 0 Å². The summed E-state index contributed by atoms with van der Waals surface area (Å²) in [6.45, 7) is 6.86. The zero-order valence-corrected chi connectivity index (χ0v) is 17.1. The van der Waals surface area contributed by atoms with Crippen LogP contribution < -0.4 is 5.32 Å². The van der Waals surface area contributed by atoms with E-state index in [2.05, 4.69) is 20.4 Å². The van der Waals surface area contributed by atoms with Gasteiger partial charge in [-0.2, -0.15) is 4.98 Å². The van der Waals surface area contributed by atoms with Gasteiger partial charge in [0.05, 0.1) is 11.8 Å². The Hall–Kier alpha value is -2.77. The molecule has 1 unspecified atom stereocenters. The minimum absolute atomic E-state index is 0.0186. The number of amides is 2. The standard InChI is InChI=1S/C21H27N5O3/c1-13(2)19(28)26-11-16-8-17(24-18(27)7-15-5-4-6-22-10-15)9-21(16,12-26)20-23-14(3)25-29-20/h4-6,10,13,16-17H,7-9,11-12H2,1-3H3,(H,24,27)/t16?,17-,21+/m1/s1. The minimum atomic E-state index is -0.391. The normalized spacial score (nSPS) is 26.0. The Bertz CT molecular complexity index is 897. The van der Waals surface area contributed by atoms with Gasteiger partial charge < -0.3 is 14.7 Å². The lowest BCUT2D eigenvalue weighted by molar-refractivity contribution is -0.134. The van der Waals surface area contributed by atoms with Crippen LogP contribution >= 0.6 is 0 Å². The second kappa shape index (κ2) is 7.57. The van der Waals surface area contributed by atoms with Gasteiger partial charge in [0.1, 0.15) is 0 Å². The number of nitrogens with zero attached hydrogens (tertiary/aromatic N) is 4. The maximum Gasteiger partial charge on any atom is 0.235 e. The molecule has 0 spiro atoms. The first-order valence-electron chi connectivity index (χ1n) is 10.2. The topological polar surface area (TPSA) is 101 Å². The molecule has 154 valence electrons. The fourth-order valence-corrected chi connectivity index (χ4v) is 4.81. The summed E-state index contributed by atoms with van der Waals surface area (Å²) in [5.41, 5.74) is 0.497. The molecule has 29 heavy (non-hydrogen) atoms. The number of pyridine rings is 1. The fraction of sp³-hybridized carbons (Fsp3) is 0.571. The van der Waals surface area contributed by atoms with Crippen molar-refractivity contribution in [2.45, 2.75) is 51.5 Å². The zero-order chi connectivity index (χ0) is 20.6. The number of likely N-dealkylation sites (tertiary alicyclic amines) is 1. The first kappa shape index (κ1) is 19.5. The molecule has 3 atom stereocenters. The van der Waals surface area contributed by atoms with E-state index in [1.807, 2.05) is 30.9 Å². The van der Waals surface area contributed by atoms with Crippen LogP contribution in [0.4, 0.5) is 0 Å². The van der Waals surface area contributed by atoms with Crippen LogP contribution in [0.15, 0.2) is 29.0 Å². The Morgan fingerprint density at radius 1 is 1.41 bits per heavy atom. The summed E-state index contributed by atoms with van der Waals surface area (Å²) in [5.74, 6) is 1.44. The van der Waals surface area contributed by atoms with Crippen molar-refractivity contribution in [2.24, 2.45) is 11.8 Å². The van der Waals surface area contributed by atoms with Gasteiger partial charge >= 0.3 is 0 Å². The van der Waals surface area contributed by atoms with E-state index in [0.717, 1.165) is 12.0 Å². The lowest BCUT2D eigenvalue weighted by atomic mass is 9.80. The van der Waals surface area contributed by atoms with Crippen LogP contribution in [-0.4, -0.2) is 51.0 Å². The molecule has 0 aromatic carbocycles. The Labute approximate surface area is 170 Å². The van der Waals surface area contributed by atoms with Gasteiger partial charge in [0.15, 0.2) is 5.82 Å². The van der Waals surface area contributed by atoms with Crippen molar-refractivity contribution in [3.63, 3.8) is 0 Å². The van der Waals surface area contributed by atoms with Gasteiger partial charge in [-0.1, -0.05) is 25.1 Å². The van der Waals surface area contributed by atoms with Gasteiger partial charge in [-0.15, -0.1) is 0 Å². The number of hydrogen-bond acceptors (Lipinski definition) is 6. The van der Waals surface area contributed by atoms with Gasteiger partial charge in [-0.3, -0.25) is 14.6 Å². The number of fused-ring (bicyclic) bond motifs is 1. The number of rotatable bonds is 5. The van der Waals surface area contributed by atoms with E-state index in [1.54, 1.807) is 19.3 Å². The Morgan fingerprint density at radius 2 is 2.24 bits per heavy atom. The predicted octanol–water partition coefficient (Wildman–Crippen LogP) is 1.65. The van der Waals surface area contributed by atoms with E-state index in [0.29, 0.717) is 37.6 Å². The smallest absolute Gasteiger partial charge is 0.235 e. The molecule has 2 aliphatic rings. The Balaban J connectivity index is 1.50. The van der Waals surface area contributed by atoms with Crippen LogP contribution in [0.1, 0.15) is 44.0 Å². The van der Waals surface area contributed by atoms with E-state index in [4.69, 9.17) is 4.52 Å². The molecule has 8 heteroatoms. The average Bonchev–Trinajstić information content (AvgIpc) is 3.34. The fourth-order valence-electron chi connectivity index (χ4n) is 4.81. The highest BCUT2D eigenvalue weighted by molar-refractivity contribution is 5.79. The molecule has 2 aromatic rings. The van der Waals surface area contributed by atoms with Gasteiger partial charge in [0, 0.05) is 37.4 Å². The van der Waals surface area contributed by atoms with Crippen LogP contribution in [0.5, 0.6) is 0 Å². The molecule has 1 N–H and O–H groups in total. The second-order valence-corrected chi connectivity index (χ2v) is 8.62. The van der Waals surface area contributed by atoms with Gasteiger partial charge in [0.2, 0.25) is 17.7 Å². The van der Waals surface area contributed by atoms with Crippen LogP contribution in [-0.2, 0) is 21.4 Å². The van der Waals surface area contributed by atoms with Crippen molar-refractivity contribution in [3.05, 3.63) is 41.8 Å². The summed E-state index contributed by atoms with van der Waals surface area (Å²) < 4.78 is 5.57. The molecule has 1 saturated carbocycles. The lowest BCUT2D eigenvalue weighted by Gasteiger charge is -2.26. The third-order valence-corrected chi connectivity index (χ3v) is 6.09. The zero-order valence-electron chi connectivity index (χ0n) is 17.1. The highest BCUT2D eigenvalue weighted by Crippen LogP contribution is 2.50. The number of aryl methyl sites for hydroxylation is 1. The molecular formula is C21H27N5O3. The summed E-state index contributed by atoms with van der Waals surface area (Å²) in [7, 11) is 0. The number of carbonyl (C=O) groups excluding carboxylic acids is 2. The molecule has 0 radical (unpaired) electrons. The van der Waals surface area contributed by atoms with Crippen molar-refractivity contribution in [2.75, 3.05) is 13.1 Å². The van der Waals surface area contributed by atoms with Crippen molar-refractivity contribution < 1.29 is 14.1 Å². The number of nitrogens with one attached hydrogen (secondary N) is 1. The molecule has 1 saturated heterocycles. The first-order valence-corrected chi connectivity index (χ1v) is 10.2. The summed E-state index contributed by atoms with van der Waals surface area (Å²) in [4.78, 5) is 35.6. The van der Waals surface area contributed by atoms with Crippen molar-refractivity contribution in [1.82, 2.24) is 25.3 Å². The molecule has 3 heterocycles. The minimum Gasteiger partial charge on any atom is -0.353 e. The molecule has 0 bridgehead atoms. The maximum absolute atomic E-state index is 12.6. The molecule has 1 aliphatic carbocycles. The van der Waals surface area contributed by atoms with Crippen LogP contribution in [0, 0.1) is 18.8 Å². The molecule has 8 nitrogen and oxygen atoms in total. The summed E-state index contributed by atoms with van der Waals surface area (Å²) in [5, 5.41) is 7.14. The van der Waals surface area contributed by atoms with E-state index < -0.39 is 5.41 Å². The first-order chi connectivity index (χ1) is 13.9. The molecule has 1 aliphatic heterocycles. The highest BCUT2D eigenvalue weighted by atomic mass is 16.5. The average molecular weight is 397 g/mol. The lowest BCUT2D eigenvalue weighted by Crippen LogP contribution is -2.40. The monoisotopic (exact) mass is 397 g/mol. The molecule has 2 amide bonds. The van der Waals surface area contributed by atoms with E-state index in [9.17, 15) is 9.59 Å². The van der Waals surface area contributed by atoms with Gasteiger partial charge in [-0.05, 0) is 37.3 Å². The number of carbonyl (C=O) groups is 2. The van der Waals surface area contributed by atoms with Crippen LogP contribution in [0.2, 0.25) is 0 Å². The SMILES string of the molecule is Cc1noc([C@]23C[C@H](NC(=O)Cc4cccnc4)CC2CN(C(=O)C(C)C)C3)n1. The van der Waals surface area contributed by atoms with Gasteiger partial charge in [0.25, 0.3) is 0 Å².